The Morgan fingerprint density at radius 3 is 2.71 bits per heavy atom. The van der Waals surface area contributed by atoms with Gasteiger partial charge in [0, 0.05) is 43.0 Å². The first-order valence-corrected chi connectivity index (χ1v) is 12.2. The molecule has 12 nitrogen and oxygen atoms in total. The number of carboxylic acid groups (broad SMARTS) is 1. The van der Waals surface area contributed by atoms with Crippen molar-refractivity contribution in [3.63, 3.8) is 0 Å². The number of ether oxygens (including phenoxy) is 1. The van der Waals surface area contributed by atoms with Crippen molar-refractivity contribution in [3.05, 3.63) is 78.2 Å². The summed E-state index contributed by atoms with van der Waals surface area (Å²) in [5.74, 6) is -1.01. The van der Waals surface area contributed by atoms with Crippen LogP contribution in [0.3, 0.4) is 0 Å². The third-order valence-electron chi connectivity index (χ3n) is 5.76. The molecular formula is C26H29N7O5. The summed E-state index contributed by atoms with van der Waals surface area (Å²) in [6.07, 6.45) is 6.10. The van der Waals surface area contributed by atoms with Crippen LogP contribution in [0.5, 0.6) is 0 Å². The first-order valence-electron chi connectivity index (χ1n) is 12.2. The predicted molar refractivity (Wildman–Crippen MR) is 140 cm³/mol. The van der Waals surface area contributed by atoms with Crippen molar-refractivity contribution in [1.82, 2.24) is 30.4 Å². The third-order valence-corrected chi connectivity index (χ3v) is 5.76. The van der Waals surface area contributed by atoms with E-state index in [1.807, 2.05) is 16.8 Å². The number of hydrogen-bond acceptors (Lipinski definition) is 7. The van der Waals surface area contributed by atoms with Gasteiger partial charge in [-0.25, -0.2) is 14.6 Å². The summed E-state index contributed by atoms with van der Waals surface area (Å²) in [6, 6.07) is 12.8. The molecule has 198 valence electrons. The van der Waals surface area contributed by atoms with Crippen molar-refractivity contribution in [1.29, 1.82) is 0 Å². The number of aliphatic carboxylic acids is 1. The second-order valence-corrected chi connectivity index (χ2v) is 8.52. The second kappa shape index (κ2) is 12.9. The highest BCUT2D eigenvalue weighted by molar-refractivity contribution is 5.98. The zero-order valence-electron chi connectivity index (χ0n) is 20.6. The van der Waals surface area contributed by atoms with Gasteiger partial charge in [-0.2, -0.15) is 5.10 Å². The average Bonchev–Trinajstić information content (AvgIpc) is 3.59. The third kappa shape index (κ3) is 7.32. The van der Waals surface area contributed by atoms with Crippen LogP contribution in [-0.2, 0) is 22.7 Å². The van der Waals surface area contributed by atoms with Gasteiger partial charge in [-0.1, -0.05) is 30.3 Å². The molecule has 5 N–H and O–H groups in total. The minimum atomic E-state index is -1.35. The molecule has 4 aromatic rings. The molecule has 12 heteroatoms. The first kappa shape index (κ1) is 26.2. The molecule has 2 aromatic carbocycles. The van der Waals surface area contributed by atoms with Crippen molar-refractivity contribution in [3.8, 4) is 0 Å². The number of amides is 2. The SMILES string of the molecule is O=C(N[C@@H](CNC(=O)c1ccc2c(cnn2CCCCNc2ncc[nH]2)c1)C(=O)O)OCc1ccccc1. The maximum atomic E-state index is 12.7. The molecular weight excluding hydrogens is 490 g/mol. The van der Waals surface area contributed by atoms with Gasteiger partial charge in [0.2, 0.25) is 0 Å². The largest absolute Gasteiger partial charge is 0.480 e. The number of fused-ring (bicyclic) bond motifs is 1. The maximum Gasteiger partial charge on any atom is 0.408 e. The van der Waals surface area contributed by atoms with Crippen molar-refractivity contribution in [2.24, 2.45) is 0 Å². The van der Waals surface area contributed by atoms with Crippen molar-refractivity contribution < 1.29 is 24.2 Å². The van der Waals surface area contributed by atoms with Gasteiger partial charge < -0.3 is 30.8 Å². The highest BCUT2D eigenvalue weighted by Gasteiger charge is 2.22. The standard InChI is InChI=1S/C26H29N7O5/c34-23(30-16-21(24(35)36)32-26(37)38-17-18-6-2-1-3-7-18)19-8-9-22-20(14-19)15-31-33(22)13-5-4-10-27-25-28-11-12-29-25/h1-3,6-9,11-12,14-15,21H,4-5,10,13,16-17H2,(H,30,34)(H,32,37)(H,35,36)(H2,27,28,29)/t21-/m0/s1. The van der Waals surface area contributed by atoms with Gasteiger partial charge in [0.25, 0.3) is 5.91 Å². The molecule has 2 aromatic heterocycles. The smallest absolute Gasteiger partial charge is 0.408 e. The van der Waals surface area contributed by atoms with E-state index in [1.54, 1.807) is 55.0 Å². The van der Waals surface area contributed by atoms with Crippen LogP contribution in [0.2, 0.25) is 0 Å². The zero-order valence-corrected chi connectivity index (χ0v) is 20.6. The number of nitrogens with one attached hydrogen (secondary N) is 4. The molecule has 0 saturated heterocycles. The van der Waals surface area contributed by atoms with Gasteiger partial charge in [0.05, 0.1) is 11.7 Å². The molecule has 0 radical (unpaired) electrons. The van der Waals surface area contributed by atoms with Crippen LogP contribution in [0.15, 0.2) is 67.1 Å². The summed E-state index contributed by atoms with van der Waals surface area (Å²) in [7, 11) is 0. The topological polar surface area (TPSA) is 163 Å². The number of unbranched alkanes of at least 4 members (excludes halogenated alkanes) is 1. The van der Waals surface area contributed by atoms with Gasteiger partial charge >= 0.3 is 12.1 Å². The normalized spacial score (nSPS) is 11.6. The predicted octanol–water partition coefficient (Wildman–Crippen LogP) is 2.76. The second-order valence-electron chi connectivity index (χ2n) is 8.52. The van der Waals surface area contributed by atoms with E-state index < -0.39 is 24.0 Å². The first-order chi connectivity index (χ1) is 18.5. The van der Waals surface area contributed by atoms with Crippen LogP contribution in [0.4, 0.5) is 10.7 Å². The van der Waals surface area contributed by atoms with E-state index >= 15 is 0 Å². The molecule has 0 aliphatic heterocycles. The van der Waals surface area contributed by atoms with Gasteiger partial charge in [0.1, 0.15) is 12.6 Å². The Labute approximate surface area is 218 Å². The van der Waals surface area contributed by atoms with Crippen molar-refractivity contribution in [2.75, 3.05) is 18.4 Å². The van der Waals surface area contributed by atoms with Crippen molar-refractivity contribution >= 4 is 34.8 Å². The van der Waals surface area contributed by atoms with E-state index in [2.05, 4.69) is 31.0 Å². The van der Waals surface area contributed by atoms with E-state index in [-0.39, 0.29) is 13.2 Å². The lowest BCUT2D eigenvalue weighted by atomic mass is 10.1. The number of benzene rings is 2. The molecule has 2 amide bonds. The van der Waals surface area contributed by atoms with E-state index in [4.69, 9.17) is 4.74 Å². The van der Waals surface area contributed by atoms with Crippen molar-refractivity contribution in [2.45, 2.75) is 32.0 Å². The molecule has 0 aliphatic rings. The maximum absolute atomic E-state index is 12.7. The Morgan fingerprint density at radius 1 is 1.11 bits per heavy atom. The number of aromatic amines is 1. The van der Waals surface area contributed by atoms with Crippen LogP contribution in [0.1, 0.15) is 28.8 Å². The van der Waals surface area contributed by atoms with Crippen LogP contribution < -0.4 is 16.0 Å². The fourth-order valence-corrected chi connectivity index (χ4v) is 3.77. The van der Waals surface area contributed by atoms with Gasteiger partial charge in [0.15, 0.2) is 5.95 Å². The molecule has 0 spiro atoms. The van der Waals surface area contributed by atoms with Crippen LogP contribution in [0, 0.1) is 0 Å². The fraction of sp³-hybridized carbons (Fsp3) is 0.269. The molecule has 2 heterocycles. The highest BCUT2D eigenvalue weighted by Crippen LogP contribution is 2.17. The number of anilines is 1. The number of H-pyrrole nitrogens is 1. The van der Waals surface area contributed by atoms with Crippen LogP contribution >= 0.6 is 0 Å². The summed E-state index contributed by atoms with van der Waals surface area (Å²) in [5.41, 5.74) is 2.02. The number of aromatic nitrogens is 4. The Hall–Kier alpha value is -4.87. The minimum Gasteiger partial charge on any atom is -0.480 e. The number of nitrogens with zero attached hydrogens (tertiary/aromatic N) is 3. The van der Waals surface area contributed by atoms with Gasteiger partial charge in [-0.3, -0.25) is 9.48 Å². The van der Waals surface area contributed by atoms with E-state index in [0.717, 1.165) is 48.3 Å². The molecule has 0 saturated carbocycles. The summed E-state index contributed by atoms with van der Waals surface area (Å²) in [5, 5.41) is 22.7. The summed E-state index contributed by atoms with van der Waals surface area (Å²) >= 11 is 0. The summed E-state index contributed by atoms with van der Waals surface area (Å²) in [6.45, 7) is 1.20. The number of aryl methyl sites for hydroxylation is 1. The fourth-order valence-electron chi connectivity index (χ4n) is 3.77. The molecule has 1 atom stereocenters. The summed E-state index contributed by atoms with van der Waals surface area (Å²) in [4.78, 5) is 43.4. The number of imidazole rings is 1. The number of hydrogen-bond donors (Lipinski definition) is 5. The number of carbonyl (C=O) groups excluding carboxylic acids is 2. The molecule has 0 unspecified atom stereocenters. The average molecular weight is 520 g/mol. The van der Waals surface area contributed by atoms with Gasteiger partial charge in [-0.05, 0) is 36.6 Å². The molecule has 38 heavy (non-hydrogen) atoms. The lowest BCUT2D eigenvalue weighted by Crippen LogP contribution is -2.48. The number of alkyl carbamates (subject to hydrolysis) is 1. The quantitative estimate of drug-likeness (QED) is 0.168. The molecule has 0 aliphatic carbocycles. The lowest BCUT2D eigenvalue weighted by molar-refractivity contribution is -0.139. The van der Waals surface area contributed by atoms with Crippen LogP contribution in [-0.4, -0.2) is 62.0 Å². The lowest BCUT2D eigenvalue weighted by Gasteiger charge is -2.15. The number of carboxylic acids is 1. The zero-order chi connectivity index (χ0) is 26.7. The minimum absolute atomic E-state index is 0.000899. The number of rotatable bonds is 13. The highest BCUT2D eigenvalue weighted by atomic mass is 16.5. The number of carbonyl (C=O) groups is 3. The van der Waals surface area contributed by atoms with Gasteiger partial charge in [-0.15, -0.1) is 0 Å². The molecule has 0 fully saturated rings. The monoisotopic (exact) mass is 519 g/mol. The molecule has 0 bridgehead atoms. The van der Waals surface area contributed by atoms with E-state index in [9.17, 15) is 19.5 Å². The Bertz CT molecular complexity index is 1360. The Balaban J connectivity index is 1.24. The Morgan fingerprint density at radius 2 is 1.95 bits per heavy atom. The van der Waals surface area contributed by atoms with Crippen LogP contribution in [0.25, 0.3) is 10.9 Å². The molecule has 4 rings (SSSR count). The van der Waals surface area contributed by atoms with E-state index in [0.29, 0.717) is 5.56 Å². The van der Waals surface area contributed by atoms with E-state index in [1.165, 1.54) is 0 Å². The summed E-state index contributed by atoms with van der Waals surface area (Å²) < 4.78 is 6.95. The Kier molecular flexibility index (Phi) is 8.89.